The van der Waals surface area contributed by atoms with Crippen LogP contribution < -0.4 is 10.1 Å². The van der Waals surface area contributed by atoms with Crippen molar-refractivity contribution < 1.29 is 28.6 Å². The van der Waals surface area contributed by atoms with Crippen molar-refractivity contribution in [3.05, 3.63) is 125 Å². The number of aliphatic carboxylic acids is 1. The van der Waals surface area contributed by atoms with Gasteiger partial charge in [-0.05, 0) is 46.9 Å². The number of carbonyl (C=O) groups is 2. The van der Waals surface area contributed by atoms with Crippen LogP contribution in [0, 0.1) is 0 Å². The smallest absolute Gasteiger partial charge is 0.322 e. The fourth-order valence-corrected chi connectivity index (χ4v) is 7.61. The Bertz CT molecular complexity index is 1780. The quantitative estimate of drug-likeness (QED) is 0.138. The van der Waals surface area contributed by atoms with Crippen molar-refractivity contribution in [3.63, 3.8) is 0 Å². The Morgan fingerprint density at radius 3 is 2.10 bits per heavy atom. The predicted octanol–water partition coefficient (Wildman–Crippen LogP) is 5.77. The van der Waals surface area contributed by atoms with E-state index in [1.54, 1.807) is 29.8 Å². The van der Waals surface area contributed by atoms with Crippen molar-refractivity contribution in [2.75, 3.05) is 44.9 Å². The van der Waals surface area contributed by atoms with E-state index in [-0.39, 0.29) is 35.4 Å². The summed E-state index contributed by atoms with van der Waals surface area (Å²) in [5.74, 6) is -0.455. The summed E-state index contributed by atoms with van der Waals surface area (Å²) in [7, 11) is 3.06. The lowest BCUT2D eigenvalue weighted by Crippen LogP contribution is -2.31. The fourth-order valence-electron chi connectivity index (χ4n) is 6.07. The highest BCUT2D eigenvalue weighted by Crippen LogP contribution is 2.48. The number of hydrogen-bond donors (Lipinski definition) is 2. The first-order chi connectivity index (χ1) is 23.9. The topological polar surface area (TPSA) is 140 Å². The molecule has 2 N–H and O–H groups in total. The maximum absolute atomic E-state index is 13.6. The summed E-state index contributed by atoms with van der Waals surface area (Å²) in [6.07, 6.45) is 1.21. The fraction of sp³-hybridized carbons (Fsp3) is 0.270. The SMILES string of the molecule is COc1nc(-c2nnc(C(=O)N3CCC(OC)C3)cc2CCSC(c2ccccc2)(c2ccccc2)c2ccccc2)oc1NCC(=O)O. The van der Waals surface area contributed by atoms with Crippen molar-refractivity contribution in [2.45, 2.75) is 23.7 Å². The predicted molar refractivity (Wildman–Crippen MR) is 187 cm³/mol. The molecular weight excluding hydrogens is 643 g/mol. The van der Waals surface area contributed by atoms with Crippen LogP contribution in [0.1, 0.15) is 39.2 Å². The van der Waals surface area contributed by atoms with Crippen LogP contribution in [-0.2, 0) is 20.7 Å². The summed E-state index contributed by atoms with van der Waals surface area (Å²) < 4.78 is 16.2. The van der Waals surface area contributed by atoms with Gasteiger partial charge in [-0.15, -0.1) is 22.0 Å². The largest absolute Gasteiger partial charge is 0.480 e. The number of thioether (sulfide) groups is 1. The molecule has 3 heterocycles. The van der Waals surface area contributed by atoms with Crippen LogP contribution in [-0.4, -0.2) is 82.8 Å². The third-order valence-corrected chi connectivity index (χ3v) is 10.0. The number of carboxylic acid groups (broad SMARTS) is 1. The van der Waals surface area contributed by atoms with Crippen LogP contribution in [0.25, 0.3) is 11.6 Å². The average Bonchev–Trinajstić information content (AvgIpc) is 3.81. The number of hydrogen-bond acceptors (Lipinski definition) is 10. The lowest BCUT2D eigenvalue weighted by Gasteiger charge is -2.35. The minimum Gasteiger partial charge on any atom is -0.480 e. The maximum Gasteiger partial charge on any atom is 0.322 e. The van der Waals surface area contributed by atoms with Gasteiger partial charge in [0.05, 0.1) is 18.0 Å². The van der Waals surface area contributed by atoms with Gasteiger partial charge in [-0.2, -0.15) is 4.98 Å². The zero-order valence-corrected chi connectivity index (χ0v) is 28.1. The Hall–Kier alpha value is -5.20. The molecule has 5 aromatic rings. The number of amides is 1. The van der Waals surface area contributed by atoms with Crippen LogP contribution >= 0.6 is 11.8 Å². The van der Waals surface area contributed by atoms with Crippen LogP contribution in [0.2, 0.25) is 0 Å². The molecule has 0 bridgehead atoms. The Labute approximate surface area is 288 Å². The van der Waals surface area contributed by atoms with E-state index < -0.39 is 17.3 Å². The molecule has 1 aliphatic heterocycles. The summed E-state index contributed by atoms with van der Waals surface area (Å²) in [4.78, 5) is 31.0. The van der Waals surface area contributed by atoms with Gasteiger partial charge < -0.3 is 29.2 Å². The molecule has 11 nitrogen and oxygen atoms in total. The van der Waals surface area contributed by atoms with E-state index in [1.165, 1.54) is 7.11 Å². The first-order valence-electron chi connectivity index (χ1n) is 15.9. The van der Waals surface area contributed by atoms with Crippen LogP contribution in [0.4, 0.5) is 5.88 Å². The van der Waals surface area contributed by atoms with Gasteiger partial charge in [0.2, 0.25) is 0 Å². The highest BCUT2D eigenvalue weighted by atomic mass is 32.2. The van der Waals surface area contributed by atoms with Gasteiger partial charge in [-0.25, -0.2) is 0 Å². The number of carbonyl (C=O) groups excluding carboxylic acids is 1. The number of benzene rings is 3. The number of anilines is 1. The maximum atomic E-state index is 13.6. The van der Waals surface area contributed by atoms with Crippen molar-refractivity contribution >= 4 is 29.5 Å². The van der Waals surface area contributed by atoms with Gasteiger partial charge in [0.25, 0.3) is 23.6 Å². The van der Waals surface area contributed by atoms with E-state index >= 15 is 0 Å². The molecule has 0 spiro atoms. The van der Waals surface area contributed by atoms with E-state index in [2.05, 4.69) is 93.3 Å². The number of ether oxygens (including phenoxy) is 2. The van der Waals surface area contributed by atoms with E-state index in [0.29, 0.717) is 36.5 Å². The lowest BCUT2D eigenvalue weighted by atomic mass is 9.84. The van der Waals surface area contributed by atoms with Crippen molar-refractivity contribution in [3.8, 4) is 17.5 Å². The number of rotatable bonds is 14. The Kier molecular flexibility index (Phi) is 10.6. The second kappa shape index (κ2) is 15.3. The third-order valence-electron chi connectivity index (χ3n) is 8.48. The standard InChI is InChI=1S/C37H37N5O6S/c1-46-29-18-20-42(24-29)36(45)30-22-25(32(41-40-30)33-39-35(47-2)34(48-33)38-23-31(43)44)19-21-49-37(26-12-6-3-7-13-26,27-14-8-4-9-15-27)28-16-10-5-11-17-28/h3-17,22,29,38H,18-21,23-24H2,1-2H3,(H,43,44). The third kappa shape index (κ3) is 7.30. The Morgan fingerprint density at radius 1 is 0.959 bits per heavy atom. The lowest BCUT2D eigenvalue weighted by molar-refractivity contribution is -0.134. The van der Waals surface area contributed by atoms with Gasteiger partial charge in [0, 0.05) is 20.2 Å². The van der Waals surface area contributed by atoms with Crippen molar-refractivity contribution in [2.24, 2.45) is 0 Å². The molecule has 6 rings (SSSR count). The average molecular weight is 680 g/mol. The molecule has 1 saturated heterocycles. The first-order valence-corrected chi connectivity index (χ1v) is 16.9. The minimum atomic E-state index is -1.07. The van der Waals surface area contributed by atoms with Crippen LogP contribution in [0.3, 0.4) is 0 Å². The molecular formula is C37H37N5O6S. The van der Waals surface area contributed by atoms with Gasteiger partial charge in [0.1, 0.15) is 6.54 Å². The minimum absolute atomic E-state index is 0.0226. The zero-order valence-electron chi connectivity index (χ0n) is 27.2. The molecule has 2 aromatic heterocycles. The number of aryl methyl sites for hydroxylation is 1. The number of likely N-dealkylation sites (tertiary alicyclic amines) is 1. The van der Waals surface area contributed by atoms with E-state index in [9.17, 15) is 14.7 Å². The molecule has 0 radical (unpaired) electrons. The Balaban J connectivity index is 1.39. The number of aromatic nitrogens is 3. The monoisotopic (exact) mass is 679 g/mol. The van der Waals surface area contributed by atoms with Crippen LogP contribution in [0.15, 0.2) is 101 Å². The number of carboxylic acids is 1. The molecule has 0 saturated carbocycles. The second-order valence-electron chi connectivity index (χ2n) is 11.5. The van der Waals surface area contributed by atoms with Gasteiger partial charge in [-0.1, -0.05) is 91.0 Å². The van der Waals surface area contributed by atoms with E-state index in [1.807, 2.05) is 18.2 Å². The Morgan fingerprint density at radius 2 is 1.57 bits per heavy atom. The van der Waals surface area contributed by atoms with E-state index in [0.717, 1.165) is 23.1 Å². The number of methoxy groups -OCH3 is 2. The highest BCUT2D eigenvalue weighted by molar-refractivity contribution is 8.00. The molecule has 1 unspecified atom stereocenters. The molecule has 1 aliphatic rings. The molecule has 252 valence electrons. The molecule has 49 heavy (non-hydrogen) atoms. The van der Waals surface area contributed by atoms with Gasteiger partial charge >= 0.3 is 5.97 Å². The summed E-state index contributed by atoms with van der Waals surface area (Å²) in [5, 5.41) is 20.6. The highest BCUT2D eigenvalue weighted by Gasteiger charge is 2.37. The first kappa shape index (κ1) is 33.7. The molecule has 1 atom stereocenters. The summed E-state index contributed by atoms with van der Waals surface area (Å²) in [6, 6.07) is 33.0. The van der Waals surface area contributed by atoms with Crippen LogP contribution in [0.5, 0.6) is 5.88 Å². The van der Waals surface area contributed by atoms with Crippen molar-refractivity contribution in [1.82, 2.24) is 20.1 Å². The summed E-state index contributed by atoms with van der Waals surface area (Å²) >= 11 is 1.78. The second-order valence-corrected chi connectivity index (χ2v) is 12.8. The number of nitrogens with zero attached hydrogens (tertiary/aromatic N) is 4. The van der Waals surface area contributed by atoms with Gasteiger partial charge in [0.15, 0.2) is 11.4 Å². The molecule has 3 aromatic carbocycles. The molecule has 1 amide bonds. The van der Waals surface area contributed by atoms with Crippen molar-refractivity contribution in [1.29, 1.82) is 0 Å². The van der Waals surface area contributed by atoms with Gasteiger partial charge in [-0.3, -0.25) is 9.59 Å². The summed E-state index contributed by atoms with van der Waals surface area (Å²) in [5.41, 5.74) is 4.65. The number of nitrogens with one attached hydrogen (secondary N) is 1. The molecule has 12 heteroatoms. The van der Waals surface area contributed by atoms with E-state index in [4.69, 9.17) is 13.9 Å². The zero-order chi connectivity index (χ0) is 34.2. The molecule has 0 aliphatic carbocycles. The summed E-state index contributed by atoms with van der Waals surface area (Å²) in [6.45, 7) is 0.648. The molecule has 1 fully saturated rings. The normalized spacial score (nSPS) is 14.5. The number of oxazole rings is 1.